The van der Waals surface area contributed by atoms with Gasteiger partial charge in [0.15, 0.2) is 0 Å². The third kappa shape index (κ3) is 4.52. The van der Waals surface area contributed by atoms with Crippen molar-refractivity contribution >= 4 is 17.2 Å². The average Bonchev–Trinajstić information content (AvgIpc) is 2.80. The van der Waals surface area contributed by atoms with E-state index >= 15 is 0 Å². The minimum absolute atomic E-state index is 0.0430. The normalized spacial score (nSPS) is 11.8. The fourth-order valence-corrected chi connectivity index (χ4v) is 2.14. The summed E-state index contributed by atoms with van der Waals surface area (Å²) < 4.78 is 0. The monoisotopic (exact) mass is 264 g/mol. The molecule has 3 N–H and O–H groups in total. The van der Waals surface area contributed by atoms with Gasteiger partial charge in [0, 0.05) is 10.8 Å². The van der Waals surface area contributed by atoms with Crippen LogP contribution in [0.15, 0.2) is 12.1 Å². The van der Waals surface area contributed by atoms with Gasteiger partial charge in [0.2, 0.25) is 5.91 Å². The molecule has 0 aliphatic carbocycles. The van der Waals surface area contributed by atoms with E-state index < -0.39 is 0 Å². The second-order valence-electron chi connectivity index (χ2n) is 4.52. The van der Waals surface area contributed by atoms with Gasteiger partial charge in [-0.25, -0.2) is 0 Å². The SMILES string of the molecule is CC(C)C(C)C(=O)NCc1ccc(C#CCN)s1. The molecule has 1 atom stereocenters. The van der Waals surface area contributed by atoms with Gasteiger partial charge in [0.1, 0.15) is 0 Å². The molecule has 98 valence electrons. The summed E-state index contributed by atoms with van der Waals surface area (Å²) in [6.07, 6.45) is 0. The highest BCUT2D eigenvalue weighted by Gasteiger charge is 2.16. The zero-order valence-corrected chi connectivity index (χ0v) is 11.9. The molecule has 18 heavy (non-hydrogen) atoms. The molecule has 1 heterocycles. The summed E-state index contributed by atoms with van der Waals surface area (Å²) in [6, 6.07) is 3.95. The summed E-state index contributed by atoms with van der Waals surface area (Å²) in [5, 5.41) is 2.95. The Morgan fingerprint density at radius 3 is 2.78 bits per heavy atom. The van der Waals surface area contributed by atoms with E-state index in [1.807, 2.05) is 19.1 Å². The number of nitrogens with two attached hydrogens (primary N) is 1. The fourth-order valence-electron chi connectivity index (χ4n) is 1.32. The molecule has 1 aromatic rings. The first kappa shape index (κ1) is 14.7. The molecular weight excluding hydrogens is 244 g/mol. The zero-order chi connectivity index (χ0) is 13.5. The van der Waals surface area contributed by atoms with E-state index in [9.17, 15) is 4.79 Å². The summed E-state index contributed by atoms with van der Waals surface area (Å²) >= 11 is 1.59. The van der Waals surface area contributed by atoms with E-state index in [-0.39, 0.29) is 11.8 Å². The number of carbonyl (C=O) groups excluding carboxylic acids is 1. The maximum absolute atomic E-state index is 11.8. The molecule has 1 unspecified atom stereocenters. The molecule has 0 saturated heterocycles. The van der Waals surface area contributed by atoms with Gasteiger partial charge in [-0.2, -0.15) is 0 Å². The van der Waals surface area contributed by atoms with Gasteiger partial charge in [-0.15, -0.1) is 11.3 Å². The quantitative estimate of drug-likeness (QED) is 0.817. The first-order chi connectivity index (χ1) is 8.54. The second kappa shape index (κ2) is 7.20. The van der Waals surface area contributed by atoms with Crippen LogP contribution in [0.2, 0.25) is 0 Å². The molecule has 0 aliphatic heterocycles. The molecule has 1 rings (SSSR count). The van der Waals surface area contributed by atoms with Gasteiger partial charge in [0.25, 0.3) is 0 Å². The number of hydrogen-bond donors (Lipinski definition) is 2. The van der Waals surface area contributed by atoms with Crippen LogP contribution >= 0.6 is 11.3 Å². The minimum atomic E-state index is 0.0430. The Bertz CT molecular complexity index is 454. The van der Waals surface area contributed by atoms with Gasteiger partial charge >= 0.3 is 0 Å². The molecule has 0 aliphatic rings. The van der Waals surface area contributed by atoms with E-state index in [4.69, 9.17) is 5.73 Å². The molecule has 1 amide bonds. The lowest BCUT2D eigenvalue weighted by molar-refractivity contribution is -0.125. The molecule has 4 heteroatoms. The van der Waals surface area contributed by atoms with E-state index in [0.717, 1.165) is 9.75 Å². The summed E-state index contributed by atoms with van der Waals surface area (Å²) in [4.78, 5) is 13.9. The predicted octanol–water partition coefficient (Wildman–Crippen LogP) is 1.97. The lowest BCUT2D eigenvalue weighted by Gasteiger charge is -2.14. The van der Waals surface area contributed by atoms with Crippen LogP contribution < -0.4 is 11.1 Å². The number of hydrogen-bond acceptors (Lipinski definition) is 3. The molecule has 0 fully saturated rings. The largest absolute Gasteiger partial charge is 0.351 e. The van der Waals surface area contributed by atoms with Gasteiger partial charge in [-0.3, -0.25) is 4.79 Å². The molecule has 1 aromatic heterocycles. The highest BCUT2D eigenvalue weighted by Crippen LogP contribution is 2.16. The van der Waals surface area contributed by atoms with Crippen molar-refractivity contribution in [2.75, 3.05) is 6.54 Å². The van der Waals surface area contributed by atoms with Crippen LogP contribution in [0.3, 0.4) is 0 Å². The summed E-state index contributed by atoms with van der Waals surface area (Å²) in [6.45, 7) is 7.00. The van der Waals surface area contributed by atoms with Crippen molar-refractivity contribution in [2.45, 2.75) is 27.3 Å². The Labute approximate surface area is 113 Å². The van der Waals surface area contributed by atoms with Crippen molar-refractivity contribution in [1.29, 1.82) is 0 Å². The topological polar surface area (TPSA) is 55.1 Å². The molecule has 0 radical (unpaired) electrons. The highest BCUT2D eigenvalue weighted by molar-refractivity contribution is 7.12. The highest BCUT2D eigenvalue weighted by atomic mass is 32.1. The number of nitrogens with one attached hydrogen (secondary N) is 1. The van der Waals surface area contributed by atoms with E-state index in [1.165, 1.54) is 0 Å². The second-order valence-corrected chi connectivity index (χ2v) is 5.69. The first-order valence-electron chi connectivity index (χ1n) is 6.10. The maximum atomic E-state index is 11.8. The van der Waals surface area contributed by atoms with Gasteiger partial charge in [-0.1, -0.05) is 32.6 Å². The predicted molar refractivity (Wildman–Crippen MR) is 76.1 cm³/mol. The Hall–Kier alpha value is -1.31. The fraction of sp³-hybridized carbons (Fsp3) is 0.500. The molecule has 0 spiro atoms. The van der Waals surface area contributed by atoms with Crippen LogP contribution in [0.25, 0.3) is 0 Å². The molecule has 0 aromatic carbocycles. The number of carbonyl (C=O) groups is 1. The van der Waals surface area contributed by atoms with E-state index in [1.54, 1.807) is 11.3 Å². The zero-order valence-electron chi connectivity index (χ0n) is 11.1. The Balaban J connectivity index is 2.49. The smallest absolute Gasteiger partial charge is 0.223 e. The van der Waals surface area contributed by atoms with Gasteiger partial charge < -0.3 is 11.1 Å². The first-order valence-corrected chi connectivity index (χ1v) is 6.91. The van der Waals surface area contributed by atoms with Gasteiger partial charge in [-0.05, 0) is 18.1 Å². The minimum Gasteiger partial charge on any atom is -0.351 e. The van der Waals surface area contributed by atoms with Crippen molar-refractivity contribution in [3.8, 4) is 11.8 Å². The standard InChI is InChI=1S/C14H20N2OS/c1-10(2)11(3)14(17)16-9-13-7-6-12(18-13)5-4-8-15/h6-7,10-11H,8-9,15H2,1-3H3,(H,16,17). The van der Waals surface area contributed by atoms with Crippen molar-refractivity contribution in [3.63, 3.8) is 0 Å². The third-order valence-electron chi connectivity index (χ3n) is 2.83. The lowest BCUT2D eigenvalue weighted by atomic mass is 9.97. The maximum Gasteiger partial charge on any atom is 0.223 e. The van der Waals surface area contributed by atoms with E-state index in [2.05, 4.69) is 31.0 Å². The number of rotatable bonds is 4. The molecule has 0 saturated carbocycles. The third-order valence-corrected chi connectivity index (χ3v) is 3.83. The van der Waals surface area contributed by atoms with Crippen molar-refractivity contribution < 1.29 is 4.79 Å². The Morgan fingerprint density at radius 1 is 1.44 bits per heavy atom. The number of amides is 1. The van der Waals surface area contributed by atoms with Crippen molar-refractivity contribution in [1.82, 2.24) is 5.32 Å². The Kier molecular flexibility index (Phi) is 5.90. The van der Waals surface area contributed by atoms with Crippen LogP contribution in [0.5, 0.6) is 0 Å². The average molecular weight is 264 g/mol. The van der Waals surface area contributed by atoms with Crippen LogP contribution in [0.1, 0.15) is 30.5 Å². The summed E-state index contributed by atoms with van der Waals surface area (Å²) in [7, 11) is 0. The summed E-state index contributed by atoms with van der Waals surface area (Å²) in [5.41, 5.74) is 5.32. The molecule has 3 nitrogen and oxygen atoms in total. The van der Waals surface area contributed by atoms with Crippen LogP contribution in [0.4, 0.5) is 0 Å². The van der Waals surface area contributed by atoms with Crippen LogP contribution in [0, 0.1) is 23.7 Å². The van der Waals surface area contributed by atoms with E-state index in [0.29, 0.717) is 19.0 Å². The van der Waals surface area contributed by atoms with Crippen LogP contribution in [-0.4, -0.2) is 12.5 Å². The Morgan fingerprint density at radius 2 is 2.17 bits per heavy atom. The molecular formula is C14H20N2OS. The molecule has 0 bridgehead atoms. The summed E-state index contributed by atoms with van der Waals surface area (Å²) in [5.74, 6) is 6.31. The van der Waals surface area contributed by atoms with Crippen molar-refractivity contribution in [2.24, 2.45) is 17.6 Å². The van der Waals surface area contributed by atoms with Gasteiger partial charge in [0.05, 0.1) is 18.0 Å². The number of thiophene rings is 1. The van der Waals surface area contributed by atoms with Crippen molar-refractivity contribution in [3.05, 3.63) is 21.9 Å². The van der Waals surface area contributed by atoms with Crippen LogP contribution in [-0.2, 0) is 11.3 Å². The lowest BCUT2D eigenvalue weighted by Crippen LogP contribution is -2.31.